The summed E-state index contributed by atoms with van der Waals surface area (Å²) in [6.45, 7) is 5.14. The third-order valence-electron chi connectivity index (χ3n) is 3.58. The van der Waals surface area contributed by atoms with Gasteiger partial charge < -0.3 is 14.4 Å². The molecule has 20 heavy (non-hydrogen) atoms. The molecule has 0 amide bonds. The van der Waals surface area contributed by atoms with Gasteiger partial charge in [0.2, 0.25) is 0 Å². The summed E-state index contributed by atoms with van der Waals surface area (Å²) >= 11 is 0. The van der Waals surface area contributed by atoms with Crippen molar-refractivity contribution < 1.29 is 9.47 Å². The Morgan fingerprint density at radius 1 is 1.40 bits per heavy atom. The van der Waals surface area contributed by atoms with E-state index in [0.29, 0.717) is 13.2 Å². The van der Waals surface area contributed by atoms with E-state index in [-0.39, 0.29) is 6.10 Å². The molecule has 1 fully saturated rings. The van der Waals surface area contributed by atoms with Crippen LogP contribution in [0.25, 0.3) is 5.52 Å². The number of ether oxygens (including phenoxy) is 2. The van der Waals surface area contributed by atoms with Crippen LogP contribution in [0.5, 0.6) is 0 Å². The number of rotatable bonds is 5. The molecule has 0 N–H and O–H groups in total. The highest BCUT2D eigenvalue weighted by atomic mass is 16.5. The molecule has 1 unspecified atom stereocenters. The van der Waals surface area contributed by atoms with E-state index in [9.17, 15) is 0 Å². The lowest BCUT2D eigenvalue weighted by Gasteiger charge is -2.18. The summed E-state index contributed by atoms with van der Waals surface area (Å²) in [7, 11) is 1.69. The molecule has 1 atom stereocenters. The first-order valence-electron chi connectivity index (χ1n) is 6.94. The van der Waals surface area contributed by atoms with Crippen LogP contribution < -0.4 is 4.90 Å². The van der Waals surface area contributed by atoms with Gasteiger partial charge >= 0.3 is 0 Å². The van der Waals surface area contributed by atoms with Crippen molar-refractivity contribution in [2.75, 3.05) is 38.3 Å². The molecule has 0 aromatic carbocycles. The maximum Gasteiger partial charge on any atom is 0.154 e. The van der Waals surface area contributed by atoms with Crippen molar-refractivity contribution in [3.8, 4) is 0 Å². The SMILES string of the molecule is COCCOC1CCN(c2nccn3nc(C)cc23)C1. The van der Waals surface area contributed by atoms with Gasteiger partial charge in [0.1, 0.15) is 5.52 Å². The summed E-state index contributed by atoms with van der Waals surface area (Å²) in [5, 5.41) is 4.43. The first-order valence-corrected chi connectivity index (χ1v) is 6.94. The Morgan fingerprint density at radius 3 is 3.15 bits per heavy atom. The molecular weight excluding hydrogens is 256 g/mol. The Morgan fingerprint density at radius 2 is 2.30 bits per heavy atom. The Kier molecular flexibility index (Phi) is 3.84. The summed E-state index contributed by atoms with van der Waals surface area (Å²) in [4.78, 5) is 6.79. The van der Waals surface area contributed by atoms with Crippen LogP contribution in [-0.2, 0) is 9.47 Å². The molecule has 1 aliphatic heterocycles. The van der Waals surface area contributed by atoms with Crippen LogP contribution in [0.2, 0.25) is 0 Å². The van der Waals surface area contributed by atoms with Crippen LogP contribution in [0.3, 0.4) is 0 Å². The Bertz CT molecular complexity index is 584. The average molecular weight is 276 g/mol. The smallest absolute Gasteiger partial charge is 0.154 e. The van der Waals surface area contributed by atoms with E-state index in [1.165, 1.54) is 0 Å². The number of aryl methyl sites for hydroxylation is 1. The summed E-state index contributed by atoms with van der Waals surface area (Å²) in [6.07, 6.45) is 4.97. The van der Waals surface area contributed by atoms with Gasteiger partial charge in [0.05, 0.1) is 25.0 Å². The summed E-state index contributed by atoms with van der Waals surface area (Å²) in [6, 6.07) is 2.07. The molecule has 3 rings (SSSR count). The second kappa shape index (κ2) is 5.76. The minimum Gasteiger partial charge on any atom is -0.382 e. The zero-order valence-corrected chi connectivity index (χ0v) is 12.0. The predicted molar refractivity (Wildman–Crippen MR) is 76.2 cm³/mol. The Labute approximate surface area is 118 Å². The number of methoxy groups -OCH3 is 1. The standard InChI is InChI=1S/C14H20N4O2/c1-11-9-13-14(15-4-6-18(13)16-11)17-5-3-12(10-17)20-8-7-19-2/h4,6,9,12H,3,5,7-8,10H2,1-2H3. The molecule has 0 spiro atoms. The van der Waals surface area contributed by atoms with Gasteiger partial charge in [-0.3, -0.25) is 0 Å². The van der Waals surface area contributed by atoms with Crippen LogP contribution in [0.15, 0.2) is 18.5 Å². The lowest BCUT2D eigenvalue weighted by molar-refractivity contribution is 0.0280. The largest absolute Gasteiger partial charge is 0.382 e. The second-order valence-corrected chi connectivity index (χ2v) is 5.09. The molecule has 3 heterocycles. The fraction of sp³-hybridized carbons (Fsp3) is 0.571. The number of aromatic nitrogens is 3. The van der Waals surface area contributed by atoms with E-state index in [0.717, 1.165) is 36.5 Å². The summed E-state index contributed by atoms with van der Waals surface area (Å²) in [5.74, 6) is 0.992. The van der Waals surface area contributed by atoms with Gasteiger partial charge in [0.25, 0.3) is 0 Å². The van der Waals surface area contributed by atoms with Crippen LogP contribution in [0.1, 0.15) is 12.1 Å². The summed E-state index contributed by atoms with van der Waals surface area (Å²) in [5.41, 5.74) is 2.06. The lowest BCUT2D eigenvalue weighted by Crippen LogP contribution is -2.25. The zero-order chi connectivity index (χ0) is 13.9. The van der Waals surface area contributed by atoms with Crippen molar-refractivity contribution in [3.05, 3.63) is 24.2 Å². The van der Waals surface area contributed by atoms with E-state index < -0.39 is 0 Å². The minimum absolute atomic E-state index is 0.260. The quantitative estimate of drug-likeness (QED) is 0.770. The van der Waals surface area contributed by atoms with Crippen molar-refractivity contribution in [1.82, 2.24) is 14.6 Å². The minimum atomic E-state index is 0.260. The number of hydrogen-bond donors (Lipinski definition) is 0. The molecule has 0 saturated carbocycles. The molecule has 0 bridgehead atoms. The lowest BCUT2D eigenvalue weighted by atomic mass is 10.3. The fourth-order valence-electron chi connectivity index (χ4n) is 2.63. The summed E-state index contributed by atoms with van der Waals surface area (Å²) < 4.78 is 12.7. The Balaban J connectivity index is 1.73. The molecule has 2 aromatic rings. The van der Waals surface area contributed by atoms with Gasteiger partial charge in [-0.05, 0) is 19.4 Å². The van der Waals surface area contributed by atoms with Gasteiger partial charge in [-0.1, -0.05) is 0 Å². The molecule has 0 aliphatic carbocycles. The molecule has 0 radical (unpaired) electrons. The van der Waals surface area contributed by atoms with Crippen molar-refractivity contribution >= 4 is 11.3 Å². The van der Waals surface area contributed by atoms with Crippen LogP contribution >= 0.6 is 0 Å². The van der Waals surface area contributed by atoms with Gasteiger partial charge in [0.15, 0.2) is 5.82 Å². The normalized spacial score (nSPS) is 19.1. The number of hydrogen-bond acceptors (Lipinski definition) is 5. The van der Waals surface area contributed by atoms with Crippen molar-refractivity contribution in [2.45, 2.75) is 19.4 Å². The average Bonchev–Trinajstić information content (AvgIpc) is 3.04. The number of anilines is 1. The second-order valence-electron chi connectivity index (χ2n) is 5.09. The van der Waals surface area contributed by atoms with E-state index in [4.69, 9.17) is 9.47 Å². The zero-order valence-electron chi connectivity index (χ0n) is 12.0. The monoisotopic (exact) mass is 276 g/mol. The first-order chi connectivity index (χ1) is 9.78. The van der Waals surface area contributed by atoms with E-state index in [2.05, 4.69) is 21.0 Å². The predicted octanol–water partition coefficient (Wildman–Crippen LogP) is 1.28. The molecule has 108 valence electrons. The maximum atomic E-state index is 5.80. The van der Waals surface area contributed by atoms with Crippen LogP contribution in [0, 0.1) is 6.92 Å². The van der Waals surface area contributed by atoms with E-state index in [1.807, 2.05) is 17.6 Å². The third-order valence-corrected chi connectivity index (χ3v) is 3.58. The molecule has 1 aliphatic rings. The fourth-order valence-corrected chi connectivity index (χ4v) is 2.63. The van der Waals surface area contributed by atoms with Gasteiger partial charge in [-0.2, -0.15) is 5.10 Å². The van der Waals surface area contributed by atoms with Crippen LogP contribution in [-0.4, -0.2) is 54.1 Å². The highest BCUT2D eigenvalue weighted by molar-refractivity contribution is 5.69. The first kappa shape index (κ1) is 13.3. The van der Waals surface area contributed by atoms with E-state index >= 15 is 0 Å². The molecule has 6 heteroatoms. The van der Waals surface area contributed by atoms with Crippen molar-refractivity contribution in [1.29, 1.82) is 0 Å². The highest BCUT2D eigenvalue weighted by Gasteiger charge is 2.25. The van der Waals surface area contributed by atoms with Crippen LogP contribution in [0.4, 0.5) is 5.82 Å². The number of nitrogens with zero attached hydrogens (tertiary/aromatic N) is 4. The van der Waals surface area contributed by atoms with Gasteiger partial charge in [-0.25, -0.2) is 9.50 Å². The van der Waals surface area contributed by atoms with Gasteiger partial charge in [0, 0.05) is 32.6 Å². The third kappa shape index (κ3) is 2.62. The van der Waals surface area contributed by atoms with Gasteiger partial charge in [-0.15, -0.1) is 0 Å². The molecule has 6 nitrogen and oxygen atoms in total. The molecule has 1 saturated heterocycles. The van der Waals surface area contributed by atoms with E-state index in [1.54, 1.807) is 13.3 Å². The van der Waals surface area contributed by atoms with Crippen molar-refractivity contribution in [3.63, 3.8) is 0 Å². The molecular formula is C14H20N4O2. The maximum absolute atomic E-state index is 5.80. The van der Waals surface area contributed by atoms with Crippen molar-refractivity contribution in [2.24, 2.45) is 0 Å². The molecule has 2 aromatic heterocycles. The number of fused-ring (bicyclic) bond motifs is 1. The highest BCUT2D eigenvalue weighted by Crippen LogP contribution is 2.24. The topological polar surface area (TPSA) is 51.9 Å². The Hall–Kier alpha value is -1.66.